The van der Waals surface area contributed by atoms with Crippen molar-refractivity contribution in [2.45, 2.75) is 79.9 Å². The van der Waals surface area contributed by atoms with E-state index in [4.69, 9.17) is 33.2 Å². The molecule has 17 heteroatoms. The second kappa shape index (κ2) is 14.5. The summed E-state index contributed by atoms with van der Waals surface area (Å²) in [4.78, 5) is 12.2. The molecule has 3 heterocycles. The van der Waals surface area contributed by atoms with E-state index in [1.807, 2.05) is 0 Å². The monoisotopic (exact) mass is 620 g/mol. The van der Waals surface area contributed by atoms with Gasteiger partial charge in [-0.05, 0) is 23.8 Å². The second-order valence-electron chi connectivity index (χ2n) is 10.1. The standard InChI is InChI=1S/C26H36O17/c1-37-13-6-10(2-4-11(13)28)3-5-16(30)38-9-15-19(33)22(24(36)40-15)42-26-23(17(31)12(29)8-39-26)43-25-21(35)20(34)18(32)14(7-27)41-25/h2-6,12,14-15,17-29,31-36H,7-9H2,1H3. The van der Waals surface area contributed by atoms with Crippen LogP contribution < -0.4 is 4.74 Å². The summed E-state index contributed by atoms with van der Waals surface area (Å²) in [5, 5.41) is 91.2. The van der Waals surface area contributed by atoms with Gasteiger partial charge in [-0.1, -0.05) is 6.07 Å². The second-order valence-corrected chi connectivity index (χ2v) is 10.1. The number of benzene rings is 1. The fraction of sp³-hybridized carbons (Fsp3) is 0.654. The number of carbonyl (C=O) groups excluding carboxylic acids is 1. The highest BCUT2D eigenvalue weighted by molar-refractivity contribution is 5.87. The number of aromatic hydroxyl groups is 1. The Balaban J connectivity index is 1.36. The van der Waals surface area contributed by atoms with Gasteiger partial charge >= 0.3 is 5.97 Å². The van der Waals surface area contributed by atoms with Crippen molar-refractivity contribution >= 4 is 12.0 Å². The van der Waals surface area contributed by atoms with Gasteiger partial charge in [0.2, 0.25) is 0 Å². The predicted octanol–water partition coefficient (Wildman–Crippen LogP) is -4.32. The maximum Gasteiger partial charge on any atom is 0.330 e. The van der Waals surface area contributed by atoms with Crippen LogP contribution in [0, 0.1) is 0 Å². The van der Waals surface area contributed by atoms with E-state index in [0.29, 0.717) is 5.56 Å². The molecular formula is C26H36O17. The molecule has 4 rings (SSSR count). The maximum absolute atomic E-state index is 12.2. The Kier molecular flexibility index (Phi) is 11.3. The minimum absolute atomic E-state index is 0.0824. The summed E-state index contributed by atoms with van der Waals surface area (Å²) >= 11 is 0. The lowest BCUT2D eigenvalue weighted by Crippen LogP contribution is -2.63. The van der Waals surface area contributed by atoms with Gasteiger partial charge in [0.05, 0.1) is 20.3 Å². The van der Waals surface area contributed by atoms with Crippen LogP contribution in [0.4, 0.5) is 0 Å². The highest BCUT2D eigenvalue weighted by Crippen LogP contribution is 2.31. The summed E-state index contributed by atoms with van der Waals surface area (Å²) in [5.74, 6) is -0.703. The van der Waals surface area contributed by atoms with Crippen LogP contribution in [0.25, 0.3) is 6.08 Å². The lowest BCUT2D eigenvalue weighted by atomic mass is 9.99. The van der Waals surface area contributed by atoms with Crippen LogP contribution in [0.5, 0.6) is 11.5 Å². The zero-order valence-electron chi connectivity index (χ0n) is 22.8. The van der Waals surface area contributed by atoms with E-state index in [9.17, 15) is 50.8 Å². The van der Waals surface area contributed by atoms with E-state index < -0.39 is 106 Å². The molecule has 13 atom stereocenters. The van der Waals surface area contributed by atoms with E-state index in [-0.39, 0.29) is 11.5 Å². The van der Waals surface area contributed by atoms with Crippen LogP contribution in [0.2, 0.25) is 0 Å². The van der Waals surface area contributed by atoms with Crippen molar-refractivity contribution in [2.75, 3.05) is 26.9 Å². The molecule has 3 saturated heterocycles. The van der Waals surface area contributed by atoms with Crippen molar-refractivity contribution in [1.29, 1.82) is 0 Å². The van der Waals surface area contributed by atoms with E-state index in [1.165, 1.54) is 31.4 Å². The molecular weight excluding hydrogens is 584 g/mol. The molecule has 0 aliphatic carbocycles. The van der Waals surface area contributed by atoms with Gasteiger partial charge in [-0.3, -0.25) is 0 Å². The summed E-state index contributed by atoms with van der Waals surface area (Å²) in [7, 11) is 1.37. The SMILES string of the molecule is COc1cc(C=CC(=O)OCC2OC(O)C(OC3OCC(O)C(O)C3OC3OC(CO)C(O)C(O)C3O)C2O)ccc1O. The lowest BCUT2D eigenvalue weighted by molar-refractivity contribution is -0.365. The van der Waals surface area contributed by atoms with Crippen LogP contribution >= 0.6 is 0 Å². The number of rotatable bonds is 10. The molecule has 13 unspecified atom stereocenters. The molecule has 17 nitrogen and oxygen atoms in total. The summed E-state index contributed by atoms with van der Waals surface area (Å²) in [6.45, 7) is -1.71. The van der Waals surface area contributed by atoms with E-state index in [0.717, 1.165) is 6.08 Å². The zero-order valence-corrected chi connectivity index (χ0v) is 22.8. The molecule has 43 heavy (non-hydrogen) atoms. The number of hydrogen-bond acceptors (Lipinski definition) is 17. The zero-order chi connectivity index (χ0) is 31.4. The molecule has 3 fully saturated rings. The first-order valence-electron chi connectivity index (χ1n) is 13.3. The number of aliphatic hydroxyl groups excluding tert-OH is 8. The molecule has 0 saturated carbocycles. The quantitative estimate of drug-likeness (QED) is 0.0884. The van der Waals surface area contributed by atoms with Gasteiger partial charge in [-0.25, -0.2) is 4.79 Å². The Hall–Kier alpha value is -2.49. The number of ether oxygens (including phenoxy) is 7. The first-order valence-corrected chi connectivity index (χ1v) is 13.3. The molecule has 0 spiro atoms. The first kappa shape index (κ1) is 33.4. The molecule has 0 radical (unpaired) electrons. The van der Waals surface area contributed by atoms with Crippen LogP contribution in [0.1, 0.15) is 5.56 Å². The van der Waals surface area contributed by atoms with Gasteiger partial charge in [0, 0.05) is 6.08 Å². The topological polar surface area (TPSA) is 264 Å². The fourth-order valence-corrected chi connectivity index (χ4v) is 4.70. The van der Waals surface area contributed by atoms with Gasteiger partial charge < -0.3 is 79.1 Å². The molecule has 3 aliphatic rings. The number of carbonyl (C=O) groups is 1. The van der Waals surface area contributed by atoms with E-state index in [1.54, 1.807) is 0 Å². The minimum atomic E-state index is -1.85. The maximum atomic E-state index is 12.2. The van der Waals surface area contributed by atoms with Crippen molar-refractivity contribution in [2.24, 2.45) is 0 Å². The largest absolute Gasteiger partial charge is 0.504 e. The third-order valence-electron chi connectivity index (χ3n) is 7.18. The van der Waals surface area contributed by atoms with Gasteiger partial charge in [0.1, 0.15) is 67.6 Å². The van der Waals surface area contributed by atoms with Gasteiger partial charge in [0.25, 0.3) is 0 Å². The van der Waals surface area contributed by atoms with Gasteiger partial charge in [-0.2, -0.15) is 0 Å². The first-order chi connectivity index (χ1) is 20.4. The van der Waals surface area contributed by atoms with Gasteiger partial charge in [-0.15, -0.1) is 0 Å². The normalized spacial score (nSPS) is 40.1. The number of methoxy groups -OCH3 is 1. The molecule has 1 aromatic carbocycles. The van der Waals surface area contributed by atoms with Gasteiger partial charge in [0.15, 0.2) is 30.4 Å². The molecule has 9 N–H and O–H groups in total. The Morgan fingerprint density at radius 2 is 1.63 bits per heavy atom. The van der Waals surface area contributed by atoms with Crippen molar-refractivity contribution in [3.05, 3.63) is 29.8 Å². The highest BCUT2D eigenvalue weighted by Gasteiger charge is 2.52. The molecule has 1 aromatic rings. The van der Waals surface area contributed by atoms with Crippen LogP contribution in [-0.4, -0.2) is 159 Å². The Morgan fingerprint density at radius 3 is 2.33 bits per heavy atom. The summed E-state index contributed by atoms with van der Waals surface area (Å²) < 4.78 is 37.2. The van der Waals surface area contributed by atoms with Crippen molar-refractivity contribution in [3.63, 3.8) is 0 Å². The Labute approximate surface area is 244 Å². The minimum Gasteiger partial charge on any atom is -0.504 e. The van der Waals surface area contributed by atoms with Crippen LogP contribution in [0.3, 0.4) is 0 Å². The van der Waals surface area contributed by atoms with Crippen LogP contribution in [-0.2, 0) is 33.2 Å². The smallest absolute Gasteiger partial charge is 0.330 e. The predicted molar refractivity (Wildman–Crippen MR) is 137 cm³/mol. The molecule has 0 bridgehead atoms. The fourth-order valence-electron chi connectivity index (χ4n) is 4.70. The van der Waals surface area contributed by atoms with Crippen molar-refractivity contribution in [1.82, 2.24) is 0 Å². The number of esters is 1. The third-order valence-corrected chi connectivity index (χ3v) is 7.18. The van der Waals surface area contributed by atoms with E-state index in [2.05, 4.69) is 0 Å². The van der Waals surface area contributed by atoms with Crippen LogP contribution in [0.15, 0.2) is 24.3 Å². The van der Waals surface area contributed by atoms with Crippen molar-refractivity contribution in [3.8, 4) is 11.5 Å². The number of phenolic OH excluding ortho intramolecular Hbond substituents is 1. The van der Waals surface area contributed by atoms with E-state index >= 15 is 0 Å². The Morgan fingerprint density at radius 1 is 0.907 bits per heavy atom. The lowest BCUT2D eigenvalue weighted by Gasteiger charge is -2.44. The molecule has 0 amide bonds. The highest BCUT2D eigenvalue weighted by atomic mass is 16.8. The third kappa shape index (κ3) is 7.60. The average Bonchev–Trinajstić information content (AvgIpc) is 3.26. The molecule has 0 aromatic heterocycles. The summed E-state index contributed by atoms with van der Waals surface area (Å²) in [6, 6.07) is 4.39. The molecule has 3 aliphatic heterocycles. The summed E-state index contributed by atoms with van der Waals surface area (Å²) in [5.41, 5.74) is 0.521. The summed E-state index contributed by atoms with van der Waals surface area (Å²) in [6.07, 6.45) is -18.5. The number of phenols is 1. The Bertz CT molecular complexity index is 1100. The number of hydrogen-bond donors (Lipinski definition) is 9. The average molecular weight is 621 g/mol. The number of aliphatic hydroxyl groups is 8. The molecule has 242 valence electrons. The van der Waals surface area contributed by atoms with Crippen molar-refractivity contribution < 1.29 is 83.9 Å².